The lowest BCUT2D eigenvalue weighted by Gasteiger charge is -2.34. The lowest BCUT2D eigenvalue weighted by Crippen LogP contribution is -2.38. The third kappa shape index (κ3) is 3.77. The summed E-state index contributed by atoms with van der Waals surface area (Å²) in [6, 6.07) is 9.02. The van der Waals surface area contributed by atoms with Crippen molar-refractivity contribution in [1.82, 2.24) is 24.1 Å². The standard InChI is InChI=1S/C27H29FN6O/c1-17-4-3-5-22-26(17)34(27(35)31-22)21-9-11-32(12-10-21)25-15-23(29-16-30-25)18(2)33-13-8-19-14-20(28)6-7-24(19)33/h3,5-8,13-18,21H,4,9-12H2,1-2H3,(H,31,35). The van der Waals surface area contributed by atoms with Crippen LogP contribution < -0.4 is 10.6 Å². The van der Waals surface area contributed by atoms with Gasteiger partial charge in [0.25, 0.3) is 0 Å². The van der Waals surface area contributed by atoms with Gasteiger partial charge in [-0.3, -0.25) is 4.57 Å². The van der Waals surface area contributed by atoms with Crippen molar-refractivity contribution in [2.75, 3.05) is 18.0 Å². The summed E-state index contributed by atoms with van der Waals surface area (Å²) in [6.07, 6.45) is 10.5. The average Bonchev–Trinajstić information content (AvgIpc) is 3.44. The number of aromatic nitrogens is 5. The summed E-state index contributed by atoms with van der Waals surface area (Å²) < 4.78 is 17.7. The van der Waals surface area contributed by atoms with Gasteiger partial charge >= 0.3 is 5.69 Å². The van der Waals surface area contributed by atoms with Gasteiger partial charge in [0.1, 0.15) is 18.0 Å². The monoisotopic (exact) mass is 472 g/mol. The quantitative estimate of drug-likeness (QED) is 0.452. The van der Waals surface area contributed by atoms with Gasteiger partial charge < -0.3 is 14.5 Å². The van der Waals surface area contributed by atoms with E-state index in [1.165, 1.54) is 6.07 Å². The molecule has 0 bridgehead atoms. The van der Waals surface area contributed by atoms with Gasteiger partial charge in [-0.05, 0) is 56.5 Å². The van der Waals surface area contributed by atoms with Crippen molar-refractivity contribution < 1.29 is 4.39 Å². The van der Waals surface area contributed by atoms with Crippen molar-refractivity contribution in [3.8, 4) is 0 Å². The van der Waals surface area contributed by atoms with Gasteiger partial charge in [0.15, 0.2) is 0 Å². The minimum atomic E-state index is -0.232. The minimum Gasteiger partial charge on any atom is -0.356 e. The number of aromatic amines is 1. The number of halogens is 1. The van der Waals surface area contributed by atoms with Gasteiger partial charge in [-0.15, -0.1) is 0 Å². The lowest BCUT2D eigenvalue weighted by molar-refractivity contribution is 0.373. The Balaban J connectivity index is 1.21. The molecule has 1 aliphatic heterocycles. The van der Waals surface area contributed by atoms with Gasteiger partial charge in [-0.2, -0.15) is 0 Å². The summed E-state index contributed by atoms with van der Waals surface area (Å²) >= 11 is 0. The average molecular weight is 473 g/mol. The van der Waals surface area contributed by atoms with Crippen LogP contribution in [0.5, 0.6) is 0 Å². The summed E-state index contributed by atoms with van der Waals surface area (Å²) in [5.41, 5.74) is 4.00. The van der Waals surface area contributed by atoms with Crippen molar-refractivity contribution >= 4 is 22.8 Å². The summed E-state index contributed by atoms with van der Waals surface area (Å²) in [4.78, 5) is 27.2. The predicted molar refractivity (Wildman–Crippen MR) is 135 cm³/mol. The molecule has 2 unspecified atom stereocenters. The zero-order valence-electron chi connectivity index (χ0n) is 20.0. The molecule has 0 spiro atoms. The number of fused-ring (bicyclic) bond motifs is 2. The molecule has 1 aliphatic carbocycles. The molecule has 6 rings (SSSR count). The first-order valence-electron chi connectivity index (χ1n) is 12.3. The molecular weight excluding hydrogens is 443 g/mol. The van der Waals surface area contributed by atoms with Crippen LogP contribution in [0, 0.1) is 5.82 Å². The Kier molecular flexibility index (Phi) is 5.31. The van der Waals surface area contributed by atoms with Crippen molar-refractivity contribution in [2.24, 2.45) is 0 Å². The largest absolute Gasteiger partial charge is 0.356 e. The van der Waals surface area contributed by atoms with Crippen LogP contribution in [0.1, 0.15) is 68.2 Å². The number of anilines is 1. The second kappa shape index (κ2) is 8.52. The van der Waals surface area contributed by atoms with Gasteiger partial charge in [0, 0.05) is 53.9 Å². The zero-order valence-corrected chi connectivity index (χ0v) is 20.0. The number of H-pyrrole nitrogens is 1. The van der Waals surface area contributed by atoms with E-state index in [0.717, 1.165) is 66.2 Å². The number of piperidine rings is 1. The molecule has 2 atom stereocenters. The Hall–Kier alpha value is -3.68. The molecule has 35 heavy (non-hydrogen) atoms. The maximum absolute atomic E-state index is 13.6. The number of benzene rings is 1. The molecule has 0 saturated carbocycles. The van der Waals surface area contributed by atoms with E-state index < -0.39 is 0 Å². The molecule has 1 aromatic carbocycles. The molecule has 1 fully saturated rings. The van der Waals surface area contributed by atoms with Gasteiger partial charge in [0.2, 0.25) is 0 Å². The summed E-state index contributed by atoms with van der Waals surface area (Å²) in [5.74, 6) is 1.02. The Morgan fingerprint density at radius 3 is 2.80 bits per heavy atom. The minimum absolute atomic E-state index is 0.00354. The third-order valence-corrected chi connectivity index (χ3v) is 7.59. The second-order valence-electron chi connectivity index (χ2n) is 9.76. The molecule has 4 heterocycles. The zero-order chi connectivity index (χ0) is 24.1. The number of allylic oxidation sites excluding steroid dienone is 1. The van der Waals surface area contributed by atoms with Gasteiger partial charge in [0.05, 0.1) is 17.4 Å². The van der Waals surface area contributed by atoms with Crippen LogP contribution in [0.15, 0.2) is 53.7 Å². The first-order valence-corrected chi connectivity index (χ1v) is 12.3. The van der Waals surface area contributed by atoms with E-state index in [-0.39, 0.29) is 23.6 Å². The highest BCUT2D eigenvalue weighted by atomic mass is 19.1. The van der Waals surface area contributed by atoms with Crippen LogP contribution in [0.2, 0.25) is 0 Å². The van der Waals surface area contributed by atoms with Crippen LogP contribution in [0.3, 0.4) is 0 Å². The highest BCUT2D eigenvalue weighted by Gasteiger charge is 2.29. The fourth-order valence-corrected chi connectivity index (χ4v) is 5.70. The summed E-state index contributed by atoms with van der Waals surface area (Å²) in [5, 5.41) is 0.875. The molecule has 0 radical (unpaired) electrons. The maximum atomic E-state index is 13.6. The van der Waals surface area contributed by atoms with Gasteiger partial charge in [-0.25, -0.2) is 19.2 Å². The molecule has 180 valence electrons. The second-order valence-corrected chi connectivity index (χ2v) is 9.76. The van der Waals surface area contributed by atoms with Crippen molar-refractivity contribution in [2.45, 2.75) is 51.1 Å². The van der Waals surface area contributed by atoms with Crippen LogP contribution >= 0.6 is 0 Å². The number of rotatable bonds is 4. The molecule has 1 N–H and O–H groups in total. The topological polar surface area (TPSA) is 71.7 Å². The molecule has 3 aromatic heterocycles. The van der Waals surface area contributed by atoms with E-state index in [1.807, 2.05) is 29.0 Å². The lowest BCUT2D eigenvalue weighted by atomic mass is 9.95. The smallest absolute Gasteiger partial charge is 0.326 e. The van der Waals surface area contributed by atoms with E-state index in [1.54, 1.807) is 12.4 Å². The number of imidazole rings is 1. The number of hydrogen-bond donors (Lipinski definition) is 1. The summed E-state index contributed by atoms with van der Waals surface area (Å²) in [7, 11) is 0. The highest BCUT2D eigenvalue weighted by Crippen LogP contribution is 2.33. The van der Waals surface area contributed by atoms with Gasteiger partial charge in [-0.1, -0.05) is 13.0 Å². The van der Waals surface area contributed by atoms with E-state index in [4.69, 9.17) is 0 Å². The number of hydrogen-bond acceptors (Lipinski definition) is 4. The third-order valence-electron chi connectivity index (χ3n) is 7.59. The molecule has 4 aromatic rings. The fraction of sp³-hybridized carbons (Fsp3) is 0.370. The SMILES string of the molecule is CC1CC=Cc2[nH]c(=O)n(C3CCN(c4cc(C(C)n5ccc6cc(F)ccc65)ncn4)CC3)c21. The van der Waals surface area contributed by atoms with Crippen molar-refractivity contribution in [3.05, 3.63) is 82.3 Å². The normalized spacial score (nSPS) is 19.3. The Morgan fingerprint density at radius 2 is 1.97 bits per heavy atom. The maximum Gasteiger partial charge on any atom is 0.326 e. The number of nitrogens with one attached hydrogen (secondary N) is 1. The highest BCUT2D eigenvalue weighted by molar-refractivity contribution is 5.80. The van der Waals surface area contributed by atoms with E-state index in [9.17, 15) is 9.18 Å². The van der Waals surface area contributed by atoms with Crippen LogP contribution in [0.4, 0.5) is 10.2 Å². The predicted octanol–water partition coefficient (Wildman–Crippen LogP) is 5.03. The number of nitrogens with zero attached hydrogens (tertiary/aromatic N) is 5. The van der Waals surface area contributed by atoms with E-state index >= 15 is 0 Å². The first kappa shape index (κ1) is 21.8. The van der Waals surface area contributed by atoms with Crippen LogP contribution in [0.25, 0.3) is 17.0 Å². The Morgan fingerprint density at radius 1 is 1.14 bits per heavy atom. The molecule has 2 aliphatic rings. The Labute approximate surface area is 202 Å². The molecular formula is C27H29FN6O. The molecule has 0 amide bonds. The van der Waals surface area contributed by atoms with Crippen LogP contribution in [-0.4, -0.2) is 37.2 Å². The molecule has 7 nitrogen and oxygen atoms in total. The molecule has 1 saturated heterocycles. The van der Waals surface area contributed by atoms with Crippen LogP contribution in [-0.2, 0) is 0 Å². The summed E-state index contributed by atoms with van der Waals surface area (Å²) in [6.45, 7) is 5.95. The Bertz CT molecular complexity index is 1470. The van der Waals surface area contributed by atoms with Crippen molar-refractivity contribution in [1.29, 1.82) is 0 Å². The van der Waals surface area contributed by atoms with E-state index in [0.29, 0.717) is 5.92 Å². The fourth-order valence-electron chi connectivity index (χ4n) is 5.70. The van der Waals surface area contributed by atoms with Crippen molar-refractivity contribution in [3.63, 3.8) is 0 Å². The molecule has 8 heteroatoms. The first-order chi connectivity index (χ1) is 17.0. The van der Waals surface area contributed by atoms with E-state index in [2.05, 4.69) is 50.4 Å².